The second-order valence-corrected chi connectivity index (χ2v) is 11.2. The Bertz CT molecular complexity index is 757. The van der Waals surface area contributed by atoms with E-state index in [1.165, 1.54) is 19.3 Å². The van der Waals surface area contributed by atoms with E-state index in [1.54, 1.807) is 5.57 Å². The van der Waals surface area contributed by atoms with E-state index in [4.69, 9.17) is 15.0 Å². The van der Waals surface area contributed by atoms with Crippen molar-refractivity contribution in [3.8, 4) is 0 Å². The molecule has 5 nitrogen and oxygen atoms in total. The third kappa shape index (κ3) is 2.42. The van der Waals surface area contributed by atoms with Crippen molar-refractivity contribution in [2.75, 3.05) is 0 Å². The maximum Gasteiger partial charge on any atom is 0.163 e. The number of ether oxygens (including phenoxy) is 2. The summed E-state index contributed by atoms with van der Waals surface area (Å²) >= 11 is 0. The minimum Gasteiger partial charge on any atom is -0.344 e. The summed E-state index contributed by atoms with van der Waals surface area (Å²) in [6, 6.07) is 0.108. The Balaban J connectivity index is 1.57. The van der Waals surface area contributed by atoms with Crippen LogP contribution < -0.4 is 0 Å². The largest absolute Gasteiger partial charge is 0.344 e. The van der Waals surface area contributed by atoms with Crippen molar-refractivity contribution in [3.05, 3.63) is 22.1 Å². The van der Waals surface area contributed by atoms with Gasteiger partial charge in [-0.25, -0.2) is 0 Å². The molecule has 1 heterocycles. The fraction of sp³-hybridized carbons (Fsp3) is 0.913. The lowest BCUT2D eigenvalue weighted by molar-refractivity contribution is -0.174. The summed E-state index contributed by atoms with van der Waals surface area (Å²) in [5, 5.41) is 4.11. The third-order valence-corrected chi connectivity index (χ3v) is 9.69. The van der Waals surface area contributed by atoms with Gasteiger partial charge >= 0.3 is 0 Å². The van der Waals surface area contributed by atoms with E-state index < -0.39 is 5.79 Å². The average Bonchev–Trinajstić information content (AvgIpc) is 3.12. The molecule has 0 aromatic rings. The van der Waals surface area contributed by atoms with Gasteiger partial charge in [-0.1, -0.05) is 30.6 Å². The Morgan fingerprint density at radius 3 is 2.54 bits per heavy atom. The molecule has 5 rings (SSSR count). The maximum atomic E-state index is 8.99. The number of nitrogens with zero attached hydrogens (tertiary/aromatic N) is 3. The van der Waals surface area contributed by atoms with E-state index >= 15 is 0 Å². The van der Waals surface area contributed by atoms with Gasteiger partial charge in [-0.15, -0.1) is 0 Å². The van der Waals surface area contributed by atoms with Crippen LogP contribution in [0, 0.1) is 34.5 Å². The molecule has 0 radical (unpaired) electrons. The van der Waals surface area contributed by atoms with Crippen LogP contribution in [0.5, 0.6) is 0 Å². The van der Waals surface area contributed by atoms with Gasteiger partial charge in [-0.3, -0.25) is 0 Å². The fourth-order valence-electron chi connectivity index (χ4n) is 8.13. The smallest absolute Gasteiger partial charge is 0.163 e. The Morgan fingerprint density at radius 2 is 1.79 bits per heavy atom. The van der Waals surface area contributed by atoms with Crippen LogP contribution >= 0.6 is 0 Å². The Kier molecular flexibility index (Phi) is 4.06. The summed E-state index contributed by atoms with van der Waals surface area (Å²) in [6.07, 6.45) is 9.68. The monoisotopic (exact) mass is 385 g/mol. The molecule has 5 aliphatic rings. The van der Waals surface area contributed by atoms with Crippen molar-refractivity contribution < 1.29 is 9.47 Å². The summed E-state index contributed by atoms with van der Waals surface area (Å²) in [6.45, 7) is 11.5. The lowest BCUT2D eigenvalue weighted by Crippen LogP contribution is -2.63. The van der Waals surface area contributed by atoms with E-state index in [9.17, 15) is 0 Å². The lowest BCUT2D eigenvalue weighted by Gasteiger charge is -2.63. The Morgan fingerprint density at radius 1 is 1.04 bits per heavy atom. The molecule has 0 amide bonds. The quantitative estimate of drug-likeness (QED) is 0.240. The van der Waals surface area contributed by atoms with Crippen LogP contribution in [0.15, 0.2) is 16.8 Å². The Hall–Kier alpha value is -1.03. The van der Waals surface area contributed by atoms with Crippen molar-refractivity contribution in [1.29, 1.82) is 0 Å². The molecule has 28 heavy (non-hydrogen) atoms. The second-order valence-electron chi connectivity index (χ2n) is 11.2. The minimum absolute atomic E-state index is 0.108. The van der Waals surface area contributed by atoms with Crippen molar-refractivity contribution in [1.82, 2.24) is 0 Å². The van der Waals surface area contributed by atoms with Crippen LogP contribution in [0.3, 0.4) is 0 Å². The molecule has 0 aromatic carbocycles. The van der Waals surface area contributed by atoms with Gasteiger partial charge in [0.1, 0.15) is 0 Å². The standard InChI is InChI=1S/C23H35N3O2/c1-13-6-7-15-18-16(9-11-22(13,15)4)23(5)10-8-14(25-26-24)12-17(23)19-20(18)28-21(2,3)27-19/h6,14-20H,7-12H2,1-5H3/t14-,15?,16?,17?,18?,19+,20+,22+,23+/m0/s1. The van der Waals surface area contributed by atoms with Gasteiger partial charge < -0.3 is 9.47 Å². The van der Waals surface area contributed by atoms with Crippen molar-refractivity contribution in [2.24, 2.45) is 39.6 Å². The van der Waals surface area contributed by atoms with Gasteiger partial charge in [0, 0.05) is 11.0 Å². The fourth-order valence-corrected chi connectivity index (χ4v) is 8.13. The van der Waals surface area contributed by atoms with Gasteiger partial charge in [0.15, 0.2) is 5.79 Å². The van der Waals surface area contributed by atoms with Gasteiger partial charge in [0.25, 0.3) is 0 Å². The molecule has 0 aromatic heterocycles. The van der Waals surface area contributed by atoms with Crippen LogP contribution in [0.25, 0.3) is 10.4 Å². The van der Waals surface area contributed by atoms with Crippen LogP contribution in [0.1, 0.15) is 73.1 Å². The number of azide groups is 1. The second kappa shape index (κ2) is 6.00. The molecule has 0 spiro atoms. The number of hydrogen-bond acceptors (Lipinski definition) is 3. The van der Waals surface area contributed by atoms with Crippen molar-refractivity contribution >= 4 is 0 Å². The first-order valence-electron chi connectivity index (χ1n) is 11.3. The topological polar surface area (TPSA) is 67.2 Å². The van der Waals surface area contributed by atoms with Gasteiger partial charge in [-0.05, 0) is 99.3 Å². The molecule has 1 aliphatic heterocycles. The first-order chi connectivity index (χ1) is 13.2. The molecule has 4 unspecified atom stereocenters. The first-order valence-corrected chi connectivity index (χ1v) is 11.3. The normalized spacial score (nSPS) is 53.9. The summed E-state index contributed by atoms with van der Waals surface area (Å²) < 4.78 is 13.2. The number of allylic oxidation sites excluding steroid dienone is 2. The van der Waals surface area contributed by atoms with Gasteiger partial charge in [-0.2, -0.15) is 0 Å². The molecule has 9 atom stereocenters. The molecular formula is C23H35N3O2. The highest BCUT2D eigenvalue weighted by Crippen LogP contribution is 2.68. The summed E-state index contributed by atoms with van der Waals surface area (Å²) in [5.74, 6) is 1.82. The van der Waals surface area contributed by atoms with Crippen LogP contribution in [0.2, 0.25) is 0 Å². The van der Waals surface area contributed by atoms with E-state index in [1.807, 2.05) is 0 Å². The molecule has 0 bridgehead atoms. The Labute approximate surface area is 168 Å². The highest BCUT2D eigenvalue weighted by molar-refractivity contribution is 5.25. The summed E-state index contributed by atoms with van der Waals surface area (Å²) in [4.78, 5) is 3.12. The third-order valence-electron chi connectivity index (χ3n) is 9.69. The van der Waals surface area contributed by atoms with Crippen LogP contribution in [-0.4, -0.2) is 24.0 Å². The number of fused-ring (bicyclic) bond motifs is 8. The average molecular weight is 386 g/mol. The molecule has 4 fully saturated rings. The van der Waals surface area contributed by atoms with Gasteiger partial charge in [0.2, 0.25) is 0 Å². The molecule has 5 heteroatoms. The molecule has 3 saturated carbocycles. The number of rotatable bonds is 1. The predicted molar refractivity (Wildman–Crippen MR) is 108 cm³/mol. The molecule has 1 saturated heterocycles. The van der Waals surface area contributed by atoms with Crippen molar-refractivity contribution in [2.45, 2.75) is 97.2 Å². The maximum absolute atomic E-state index is 8.99. The molecular weight excluding hydrogens is 350 g/mol. The predicted octanol–water partition coefficient (Wildman–Crippen LogP) is 6.00. The highest BCUT2D eigenvalue weighted by Gasteiger charge is 2.67. The zero-order chi connectivity index (χ0) is 19.9. The summed E-state index contributed by atoms with van der Waals surface area (Å²) in [5.41, 5.74) is 11.2. The van der Waals surface area contributed by atoms with Crippen molar-refractivity contribution in [3.63, 3.8) is 0 Å². The SMILES string of the molecule is CC1=CCC2C3C(CC[C@]12C)[C@@]1(C)CC[C@H](N=[N+]=[N-])CC1[C@H]1OC(C)(C)O[C@H]31. The first kappa shape index (κ1) is 19.0. The number of hydrogen-bond donors (Lipinski definition) is 0. The van der Waals surface area contributed by atoms with Crippen LogP contribution in [-0.2, 0) is 9.47 Å². The summed E-state index contributed by atoms with van der Waals surface area (Å²) in [7, 11) is 0. The minimum atomic E-state index is -0.522. The van der Waals surface area contributed by atoms with Gasteiger partial charge in [0.05, 0.1) is 12.2 Å². The zero-order valence-corrected chi connectivity index (χ0v) is 18.0. The van der Waals surface area contributed by atoms with Crippen LogP contribution in [0.4, 0.5) is 0 Å². The molecule has 0 N–H and O–H groups in total. The zero-order valence-electron chi connectivity index (χ0n) is 18.0. The van der Waals surface area contributed by atoms with E-state index in [-0.39, 0.29) is 23.7 Å². The molecule has 4 aliphatic carbocycles. The van der Waals surface area contributed by atoms with E-state index in [2.05, 4.69) is 50.7 Å². The molecule has 154 valence electrons. The lowest BCUT2D eigenvalue weighted by atomic mass is 9.43. The highest BCUT2D eigenvalue weighted by atomic mass is 16.8. The van der Waals surface area contributed by atoms with E-state index in [0.29, 0.717) is 29.1 Å². The van der Waals surface area contributed by atoms with E-state index in [0.717, 1.165) is 19.3 Å².